The molecule has 1 aliphatic rings. The Morgan fingerprint density at radius 1 is 0.917 bits per heavy atom. The molecule has 1 saturated heterocycles. The van der Waals surface area contributed by atoms with Crippen molar-refractivity contribution in [2.45, 2.75) is 13.3 Å². The molecule has 24 heavy (non-hydrogen) atoms. The SMILES string of the molecule is CCc1ccc(C(=O)N2CCN(C(=O)c3ccccn3)CC2)cc1. The van der Waals surface area contributed by atoms with Gasteiger partial charge in [0.15, 0.2) is 0 Å². The van der Waals surface area contributed by atoms with Crippen LogP contribution in [0, 0.1) is 0 Å². The minimum absolute atomic E-state index is 0.0302. The normalized spacial score (nSPS) is 14.5. The fourth-order valence-corrected chi connectivity index (χ4v) is 2.83. The molecule has 0 bridgehead atoms. The molecular formula is C19H21N3O2. The summed E-state index contributed by atoms with van der Waals surface area (Å²) in [5, 5.41) is 0. The largest absolute Gasteiger partial charge is 0.335 e. The molecule has 1 aromatic heterocycles. The Balaban J connectivity index is 1.60. The van der Waals surface area contributed by atoms with Crippen molar-refractivity contribution in [3.63, 3.8) is 0 Å². The first-order valence-corrected chi connectivity index (χ1v) is 8.27. The number of carbonyl (C=O) groups is 2. The minimum Gasteiger partial charge on any atom is -0.335 e. The average molecular weight is 323 g/mol. The summed E-state index contributed by atoms with van der Waals surface area (Å²) in [6.07, 6.45) is 2.58. The van der Waals surface area contributed by atoms with Gasteiger partial charge in [-0.15, -0.1) is 0 Å². The van der Waals surface area contributed by atoms with Crippen molar-refractivity contribution in [1.29, 1.82) is 0 Å². The van der Waals surface area contributed by atoms with Crippen LogP contribution in [0.4, 0.5) is 0 Å². The van der Waals surface area contributed by atoms with E-state index in [-0.39, 0.29) is 11.8 Å². The van der Waals surface area contributed by atoms with Crippen LogP contribution in [0.25, 0.3) is 0 Å². The van der Waals surface area contributed by atoms with E-state index >= 15 is 0 Å². The van der Waals surface area contributed by atoms with E-state index in [0.717, 1.165) is 6.42 Å². The van der Waals surface area contributed by atoms with E-state index in [1.165, 1.54) is 5.56 Å². The van der Waals surface area contributed by atoms with Crippen LogP contribution in [0.5, 0.6) is 0 Å². The van der Waals surface area contributed by atoms with Crippen LogP contribution in [0.15, 0.2) is 48.7 Å². The number of piperazine rings is 1. The Morgan fingerprint density at radius 2 is 1.54 bits per heavy atom. The molecule has 0 N–H and O–H groups in total. The second kappa shape index (κ2) is 7.25. The molecule has 1 aromatic carbocycles. The van der Waals surface area contributed by atoms with Crippen molar-refractivity contribution < 1.29 is 9.59 Å². The number of rotatable bonds is 3. The highest BCUT2D eigenvalue weighted by molar-refractivity contribution is 5.95. The molecule has 0 unspecified atom stereocenters. The van der Waals surface area contributed by atoms with Gasteiger partial charge in [0.05, 0.1) is 0 Å². The molecule has 0 radical (unpaired) electrons. The number of aryl methyl sites for hydroxylation is 1. The number of hydrogen-bond acceptors (Lipinski definition) is 3. The summed E-state index contributed by atoms with van der Waals surface area (Å²) in [5.74, 6) is -0.0439. The van der Waals surface area contributed by atoms with Gasteiger partial charge in [0.1, 0.15) is 5.69 Å². The summed E-state index contributed by atoms with van der Waals surface area (Å²) in [4.78, 5) is 32.6. The Morgan fingerprint density at radius 3 is 2.08 bits per heavy atom. The summed E-state index contributed by atoms with van der Waals surface area (Å²) >= 11 is 0. The summed E-state index contributed by atoms with van der Waals surface area (Å²) < 4.78 is 0. The third-order valence-corrected chi connectivity index (χ3v) is 4.35. The number of carbonyl (C=O) groups excluding carboxylic acids is 2. The number of aromatic nitrogens is 1. The van der Waals surface area contributed by atoms with Crippen LogP contribution in [-0.2, 0) is 6.42 Å². The first kappa shape index (κ1) is 16.2. The average Bonchev–Trinajstić information content (AvgIpc) is 2.68. The zero-order valence-electron chi connectivity index (χ0n) is 13.8. The van der Waals surface area contributed by atoms with Gasteiger partial charge in [0.25, 0.3) is 11.8 Å². The molecule has 3 rings (SSSR count). The second-order valence-electron chi connectivity index (χ2n) is 5.85. The van der Waals surface area contributed by atoms with Crippen LogP contribution >= 0.6 is 0 Å². The van der Waals surface area contributed by atoms with Gasteiger partial charge in [-0.25, -0.2) is 0 Å². The van der Waals surface area contributed by atoms with Crippen LogP contribution in [-0.4, -0.2) is 52.8 Å². The lowest BCUT2D eigenvalue weighted by Gasteiger charge is -2.34. The van der Waals surface area contributed by atoms with Crippen LogP contribution in [0.1, 0.15) is 33.3 Å². The van der Waals surface area contributed by atoms with Gasteiger partial charge < -0.3 is 9.80 Å². The molecule has 124 valence electrons. The lowest BCUT2D eigenvalue weighted by molar-refractivity contribution is 0.0532. The van der Waals surface area contributed by atoms with E-state index < -0.39 is 0 Å². The van der Waals surface area contributed by atoms with Gasteiger partial charge in [-0.3, -0.25) is 14.6 Å². The Bertz CT molecular complexity index is 705. The number of amides is 2. The zero-order valence-corrected chi connectivity index (χ0v) is 13.8. The van der Waals surface area contributed by atoms with Gasteiger partial charge in [0, 0.05) is 37.9 Å². The third kappa shape index (κ3) is 3.45. The Kier molecular flexibility index (Phi) is 4.89. The Labute approximate surface area is 141 Å². The molecule has 0 saturated carbocycles. The molecule has 5 heteroatoms. The molecule has 2 aromatic rings. The highest BCUT2D eigenvalue weighted by Gasteiger charge is 2.25. The minimum atomic E-state index is -0.0741. The lowest BCUT2D eigenvalue weighted by atomic mass is 10.1. The lowest BCUT2D eigenvalue weighted by Crippen LogP contribution is -2.50. The van der Waals surface area contributed by atoms with E-state index in [1.54, 1.807) is 29.3 Å². The van der Waals surface area contributed by atoms with E-state index in [2.05, 4.69) is 11.9 Å². The molecule has 0 atom stereocenters. The van der Waals surface area contributed by atoms with Crippen molar-refractivity contribution in [2.24, 2.45) is 0 Å². The number of pyridine rings is 1. The van der Waals surface area contributed by atoms with Crippen molar-refractivity contribution in [3.05, 3.63) is 65.5 Å². The van der Waals surface area contributed by atoms with Gasteiger partial charge in [-0.2, -0.15) is 0 Å². The standard InChI is InChI=1S/C19H21N3O2/c1-2-15-6-8-16(9-7-15)18(23)21-11-13-22(14-12-21)19(24)17-5-3-4-10-20-17/h3-10H,2,11-14H2,1H3. The zero-order chi connectivity index (χ0) is 16.9. The van der Waals surface area contributed by atoms with Crippen LogP contribution in [0.2, 0.25) is 0 Å². The van der Waals surface area contributed by atoms with Crippen molar-refractivity contribution in [2.75, 3.05) is 26.2 Å². The molecule has 1 fully saturated rings. The maximum Gasteiger partial charge on any atom is 0.272 e. The summed E-state index contributed by atoms with van der Waals surface area (Å²) in [7, 11) is 0. The number of nitrogens with zero attached hydrogens (tertiary/aromatic N) is 3. The first-order valence-electron chi connectivity index (χ1n) is 8.27. The van der Waals surface area contributed by atoms with Gasteiger partial charge in [0.2, 0.25) is 0 Å². The maximum atomic E-state index is 12.6. The fourth-order valence-electron chi connectivity index (χ4n) is 2.83. The molecule has 2 heterocycles. The van der Waals surface area contributed by atoms with Crippen molar-refractivity contribution in [1.82, 2.24) is 14.8 Å². The van der Waals surface area contributed by atoms with Crippen LogP contribution < -0.4 is 0 Å². The first-order chi connectivity index (χ1) is 11.7. The van der Waals surface area contributed by atoms with Gasteiger partial charge >= 0.3 is 0 Å². The third-order valence-electron chi connectivity index (χ3n) is 4.35. The van der Waals surface area contributed by atoms with Gasteiger partial charge in [-0.05, 0) is 36.2 Å². The predicted molar refractivity (Wildman–Crippen MR) is 91.9 cm³/mol. The molecule has 0 spiro atoms. The maximum absolute atomic E-state index is 12.6. The molecule has 1 aliphatic heterocycles. The Hall–Kier alpha value is -2.69. The quantitative estimate of drug-likeness (QED) is 0.870. The van der Waals surface area contributed by atoms with E-state index in [0.29, 0.717) is 37.4 Å². The van der Waals surface area contributed by atoms with Crippen molar-refractivity contribution in [3.8, 4) is 0 Å². The summed E-state index contributed by atoms with van der Waals surface area (Å²) in [6.45, 7) is 4.26. The van der Waals surface area contributed by atoms with Crippen LogP contribution in [0.3, 0.4) is 0 Å². The highest BCUT2D eigenvalue weighted by atomic mass is 16.2. The summed E-state index contributed by atoms with van der Waals surface area (Å²) in [5.41, 5.74) is 2.38. The molecular weight excluding hydrogens is 302 g/mol. The van der Waals surface area contributed by atoms with E-state index in [4.69, 9.17) is 0 Å². The molecule has 5 nitrogen and oxygen atoms in total. The highest BCUT2D eigenvalue weighted by Crippen LogP contribution is 2.12. The van der Waals surface area contributed by atoms with Crippen molar-refractivity contribution >= 4 is 11.8 Å². The second-order valence-corrected chi connectivity index (χ2v) is 5.85. The number of benzene rings is 1. The smallest absolute Gasteiger partial charge is 0.272 e. The molecule has 0 aliphatic carbocycles. The van der Waals surface area contributed by atoms with E-state index in [1.807, 2.05) is 29.2 Å². The van der Waals surface area contributed by atoms with Gasteiger partial charge in [-0.1, -0.05) is 25.1 Å². The fraction of sp³-hybridized carbons (Fsp3) is 0.316. The monoisotopic (exact) mass is 323 g/mol. The predicted octanol–water partition coefficient (Wildman–Crippen LogP) is 2.24. The van der Waals surface area contributed by atoms with E-state index in [9.17, 15) is 9.59 Å². The number of hydrogen-bond donors (Lipinski definition) is 0. The summed E-state index contributed by atoms with van der Waals surface area (Å²) in [6, 6.07) is 13.1. The molecule has 2 amide bonds. The topological polar surface area (TPSA) is 53.5 Å².